The zero-order chi connectivity index (χ0) is 11.7. The Labute approximate surface area is 102 Å². The van der Waals surface area contributed by atoms with Gasteiger partial charge in [-0.25, -0.2) is 0 Å². The minimum atomic E-state index is 0.887. The number of hydrogen-bond donors (Lipinski definition) is 1. The molecule has 1 saturated carbocycles. The Balaban J connectivity index is 1.71. The van der Waals surface area contributed by atoms with Gasteiger partial charge in [0.05, 0.1) is 11.2 Å². The molecule has 0 saturated heterocycles. The third-order valence-electron chi connectivity index (χ3n) is 3.78. The molecule has 90 valence electrons. The molecule has 1 aromatic heterocycles. The molecule has 0 atom stereocenters. The van der Waals surface area contributed by atoms with Gasteiger partial charge in [0.15, 0.2) is 0 Å². The zero-order valence-electron chi connectivity index (χ0n) is 10.3. The molecule has 3 rings (SSSR count). The summed E-state index contributed by atoms with van der Waals surface area (Å²) in [5.41, 5.74) is 2.38. The minimum absolute atomic E-state index is 0.887. The molecule has 0 unspecified atom stereocenters. The van der Waals surface area contributed by atoms with Crippen LogP contribution >= 0.6 is 0 Å². The highest BCUT2D eigenvalue weighted by Crippen LogP contribution is 2.25. The van der Waals surface area contributed by atoms with Crippen LogP contribution in [0.25, 0.3) is 10.9 Å². The second kappa shape index (κ2) is 4.49. The second-order valence-corrected chi connectivity index (χ2v) is 5.02. The Hall–Kier alpha value is -1.35. The van der Waals surface area contributed by atoms with E-state index in [2.05, 4.69) is 34.7 Å². The number of rotatable bonds is 4. The molecule has 1 fully saturated rings. The number of aryl methyl sites for hydroxylation is 1. The molecule has 1 aliphatic carbocycles. The molecule has 3 heteroatoms. The summed E-state index contributed by atoms with van der Waals surface area (Å²) in [5.74, 6) is 0.907. The van der Waals surface area contributed by atoms with Crippen LogP contribution < -0.4 is 5.32 Å². The van der Waals surface area contributed by atoms with Crippen LogP contribution in [0.5, 0.6) is 0 Å². The van der Waals surface area contributed by atoms with Crippen LogP contribution in [0.4, 0.5) is 0 Å². The van der Waals surface area contributed by atoms with E-state index < -0.39 is 0 Å². The zero-order valence-corrected chi connectivity index (χ0v) is 10.3. The number of nitrogens with zero attached hydrogens (tertiary/aromatic N) is 2. The summed E-state index contributed by atoms with van der Waals surface area (Å²) in [4.78, 5) is 0. The third kappa shape index (κ3) is 2.07. The topological polar surface area (TPSA) is 29.9 Å². The number of fused-ring (bicyclic) bond motifs is 1. The van der Waals surface area contributed by atoms with Crippen molar-refractivity contribution in [3.05, 3.63) is 30.0 Å². The predicted molar refractivity (Wildman–Crippen MR) is 69.8 cm³/mol. The average Bonchev–Trinajstić information content (AvgIpc) is 2.60. The molecular weight excluding hydrogens is 210 g/mol. The van der Waals surface area contributed by atoms with E-state index in [0.29, 0.717) is 0 Å². The minimum Gasteiger partial charge on any atom is -0.311 e. The fourth-order valence-corrected chi connectivity index (χ4v) is 2.51. The van der Waals surface area contributed by atoms with Crippen molar-refractivity contribution in [3.63, 3.8) is 0 Å². The highest BCUT2D eigenvalue weighted by atomic mass is 15.3. The van der Waals surface area contributed by atoms with Crippen molar-refractivity contribution in [3.8, 4) is 0 Å². The molecule has 1 heterocycles. The standard InChI is InChI=1S/C14H19N3/c1-17-14-8-3-2-7-12(14)13(16-17)10-15-9-11-5-4-6-11/h2-3,7-8,11,15H,4-6,9-10H2,1H3. The maximum Gasteiger partial charge on any atom is 0.0841 e. The van der Waals surface area contributed by atoms with Gasteiger partial charge in [-0.1, -0.05) is 24.6 Å². The maximum absolute atomic E-state index is 4.58. The van der Waals surface area contributed by atoms with Crippen molar-refractivity contribution in [2.45, 2.75) is 25.8 Å². The van der Waals surface area contributed by atoms with E-state index in [-0.39, 0.29) is 0 Å². The number of hydrogen-bond acceptors (Lipinski definition) is 2. The van der Waals surface area contributed by atoms with E-state index in [0.717, 1.165) is 19.0 Å². The normalized spacial score (nSPS) is 16.3. The first-order chi connectivity index (χ1) is 8.34. The molecule has 0 bridgehead atoms. The van der Waals surface area contributed by atoms with Crippen molar-refractivity contribution in [2.75, 3.05) is 6.54 Å². The molecule has 0 aliphatic heterocycles. The highest BCUT2D eigenvalue weighted by Gasteiger charge is 2.16. The van der Waals surface area contributed by atoms with Crippen LogP contribution in [0.15, 0.2) is 24.3 Å². The van der Waals surface area contributed by atoms with E-state index in [9.17, 15) is 0 Å². The van der Waals surface area contributed by atoms with Crippen molar-refractivity contribution >= 4 is 10.9 Å². The van der Waals surface area contributed by atoms with Crippen LogP contribution in [0, 0.1) is 5.92 Å². The van der Waals surface area contributed by atoms with Crippen LogP contribution in [-0.2, 0) is 13.6 Å². The Morgan fingerprint density at radius 3 is 2.94 bits per heavy atom. The van der Waals surface area contributed by atoms with Gasteiger partial charge in [-0.15, -0.1) is 0 Å². The molecule has 2 aromatic rings. The van der Waals surface area contributed by atoms with Crippen molar-refractivity contribution in [1.29, 1.82) is 0 Å². The summed E-state index contributed by atoms with van der Waals surface area (Å²) >= 11 is 0. The summed E-state index contributed by atoms with van der Waals surface area (Å²) < 4.78 is 1.97. The fraction of sp³-hybridized carbons (Fsp3) is 0.500. The quantitative estimate of drug-likeness (QED) is 0.872. The Kier molecular flexibility index (Phi) is 2.85. The monoisotopic (exact) mass is 229 g/mol. The van der Waals surface area contributed by atoms with Gasteiger partial charge in [-0.3, -0.25) is 4.68 Å². The van der Waals surface area contributed by atoms with Gasteiger partial charge in [0.25, 0.3) is 0 Å². The number of benzene rings is 1. The molecule has 1 aromatic carbocycles. The van der Waals surface area contributed by atoms with Crippen molar-refractivity contribution < 1.29 is 0 Å². The molecule has 1 aliphatic rings. The molecule has 1 N–H and O–H groups in total. The lowest BCUT2D eigenvalue weighted by Crippen LogP contribution is -2.27. The molecule has 3 nitrogen and oxygen atoms in total. The lowest BCUT2D eigenvalue weighted by Gasteiger charge is -2.25. The highest BCUT2D eigenvalue weighted by molar-refractivity contribution is 5.81. The van der Waals surface area contributed by atoms with Crippen LogP contribution in [-0.4, -0.2) is 16.3 Å². The lowest BCUT2D eigenvalue weighted by atomic mass is 9.85. The van der Waals surface area contributed by atoms with Gasteiger partial charge in [0, 0.05) is 19.0 Å². The average molecular weight is 229 g/mol. The number of para-hydroxylation sites is 1. The number of aromatic nitrogens is 2. The molecule has 17 heavy (non-hydrogen) atoms. The summed E-state index contributed by atoms with van der Waals surface area (Å²) in [5, 5.41) is 9.39. The van der Waals surface area contributed by atoms with E-state index in [4.69, 9.17) is 0 Å². The first-order valence-electron chi connectivity index (χ1n) is 6.46. The third-order valence-corrected chi connectivity index (χ3v) is 3.78. The molecule has 0 amide bonds. The summed E-state index contributed by atoms with van der Waals surface area (Å²) in [6, 6.07) is 8.43. The van der Waals surface area contributed by atoms with Gasteiger partial charge in [0.1, 0.15) is 0 Å². The fourth-order valence-electron chi connectivity index (χ4n) is 2.51. The van der Waals surface area contributed by atoms with Crippen molar-refractivity contribution in [1.82, 2.24) is 15.1 Å². The van der Waals surface area contributed by atoms with Gasteiger partial charge in [0.2, 0.25) is 0 Å². The van der Waals surface area contributed by atoms with Crippen LogP contribution in [0.2, 0.25) is 0 Å². The Bertz CT molecular complexity index is 511. The lowest BCUT2D eigenvalue weighted by molar-refractivity contribution is 0.301. The molecule has 0 spiro atoms. The number of nitrogens with one attached hydrogen (secondary N) is 1. The van der Waals surface area contributed by atoms with Crippen molar-refractivity contribution in [2.24, 2.45) is 13.0 Å². The first kappa shape index (κ1) is 10.8. The van der Waals surface area contributed by atoms with E-state index in [1.54, 1.807) is 0 Å². The van der Waals surface area contributed by atoms with Crippen LogP contribution in [0.1, 0.15) is 25.0 Å². The Morgan fingerprint density at radius 1 is 1.35 bits per heavy atom. The van der Waals surface area contributed by atoms with Crippen LogP contribution in [0.3, 0.4) is 0 Å². The van der Waals surface area contributed by atoms with Gasteiger partial charge in [-0.2, -0.15) is 5.10 Å². The van der Waals surface area contributed by atoms with E-state index in [1.807, 2.05) is 11.7 Å². The Morgan fingerprint density at radius 2 is 2.18 bits per heavy atom. The molecule has 0 radical (unpaired) electrons. The summed E-state index contributed by atoms with van der Waals surface area (Å²) in [6.07, 6.45) is 4.21. The maximum atomic E-state index is 4.58. The predicted octanol–water partition coefficient (Wildman–Crippen LogP) is 2.46. The first-order valence-corrected chi connectivity index (χ1v) is 6.46. The van der Waals surface area contributed by atoms with E-state index >= 15 is 0 Å². The molecular formula is C14H19N3. The SMILES string of the molecule is Cn1nc(CNCC2CCC2)c2ccccc21. The summed E-state index contributed by atoms with van der Waals surface area (Å²) in [7, 11) is 2.01. The van der Waals surface area contributed by atoms with Gasteiger partial charge in [-0.05, 0) is 31.4 Å². The second-order valence-electron chi connectivity index (χ2n) is 5.02. The smallest absolute Gasteiger partial charge is 0.0841 e. The van der Waals surface area contributed by atoms with E-state index in [1.165, 1.54) is 35.9 Å². The van der Waals surface area contributed by atoms with Gasteiger partial charge >= 0.3 is 0 Å². The largest absolute Gasteiger partial charge is 0.311 e. The van der Waals surface area contributed by atoms with Gasteiger partial charge < -0.3 is 5.32 Å². The summed E-state index contributed by atoms with van der Waals surface area (Å²) in [6.45, 7) is 2.03.